The molecular formula is C22H22O11. The SMILES string of the molecule is COC(=O)C1OC(Oc2cc(O)c3c(c2)O[C@H](c2ccccc2O)CC3=O)C(O)C(O)C1O. The third kappa shape index (κ3) is 4.18. The minimum Gasteiger partial charge on any atom is -0.508 e. The molecule has 33 heavy (non-hydrogen) atoms. The molecule has 0 bridgehead atoms. The van der Waals surface area contributed by atoms with Gasteiger partial charge in [-0.2, -0.15) is 0 Å². The highest BCUT2D eigenvalue weighted by molar-refractivity contribution is 6.02. The summed E-state index contributed by atoms with van der Waals surface area (Å²) in [6, 6.07) is 8.70. The molecule has 0 aromatic heterocycles. The highest BCUT2D eigenvalue weighted by Gasteiger charge is 2.48. The van der Waals surface area contributed by atoms with Gasteiger partial charge in [-0.1, -0.05) is 18.2 Å². The number of aromatic hydroxyl groups is 2. The summed E-state index contributed by atoms with van der Waals surface area (Å²) in [6.07, 6.45) is -9.50. The standard InChI is InChI=1S/C22H22O11/c1-30-21(29)20-18(27)17(26)19(28)22(33-20)31-9-6-12(24)16-13(25)8-14(32-15(16)7-9)10-4-2-3-5-11(10)23/h2-7,14,17-20,22-24,26-28H,8H2,1H3/t14-,17?,18?,19?,20?,22?/m0/s1. The zero-order valence-corrected chi connectivity index (χ0v) is 17.3. The Morgan fingerprint density at radius 3 is 2.45 bits per heavy atom. The van der Waals surface area contributed by atoms with Crippen molar-refractivity contribution in [1.29, 1.82) is 0 Å². The molecule has 2 aromatic rings. The number of para-hydroxylation sites is 1. The van der Waals surface area contributed by atoms with Crippen LogP contribution < -0.4 is 9.47 Å². The topological polar surface area (TPSA) is 172 Å². The van der Waals surface area contributed by atoms with Gasteiger partial charge in [-0.3, -0.25) is 4.79 Å². The maximum absolute atomic E-state index is 12.6. The lowest BCUT2D eigenvalue weighted by Gasteiger charge is -2.39. The Hall–Kier alpha value is -3.38. The summed E-state index contributed by atoms with van der Waals surface area (Å²) in [5.74, 6) is -2.09. The van der Waals surface area contributed by atoms with Crippen LogP contribution in [0.25, 0.3) is 0 Å². The average Bonchev–Trinajstić information content (AvgIpc) is 2.78. The Bertz CT molecular complexity index is 1070. The van der Waals surface area contributed by atoms with E-state index in [1.54, 1.807) is 18.2 Å². The summed E-state index contributed by atoms with van der Waals surface area (Å²) in [4.78, 5) is 24.5. The highest BCUT2D eigenvalue weighted by atomic mass is 16.7. The molecular weight excluding hydrogens is 440 g/mol. The van der Waals surface area contributed by atoms with Crippen molar-refractivity contribution in [1.82, 2.24) is 0 Å². The predicted molar refractivity (Wildman–Crippen MR) is 108 cm³/mol. The van der Waals surface area contributed by atoms with E-state index in [4.69, 9.17) is 14.2 Å². The van der Waals surface area contributed by atoms with E-state index in [2.05, 4.69) is 4.74 Å². The van der Waals surface area contributed by atoms with Gasteiger partial charge < -0.3 is 44.5 Å². The first-order chi connectivity index (χ1) is 15.7. The lowest BCUT2D eigenvalue weighted by atomic mass is 9.95. The van der Waals surface area contributed by atoms with Crippen LogP contribution in [0.15, 0.2) is 36.4 Å². The van der Waals surface area contributed by atoms with Gasteiger partial charge in [-0.05, 0) is 6.07 Å². The normalized spacial score (nSPS) is 29.0. The molecule has 0 amide bonds. The van der Waals surface area contributed by atoms with Crippen LogP contribution in [0.4, 0.5) is 0 Å². The first-order valence-corrected chi connectivity index (χ1v) is 10.00. The van der Waals surface area contributed by atoms with Gasteiger partial charge in [0.1, 0.15) is 53.0 Å². The van der Waals surface area contributed by atoms with Crippen molar-refractivity contribution >= 4 is 11.8 Å². The molecule has 5 N–H and O–H groups in total. The second-order valence-electron chi connectivity index (χ2n) is 7.65. The molecule has 2 aromatic carbocycles. The van der Waals surface area contributed by atoms with Gasteiger partial charge >= 0.3 is 5.97 Å². The largest absolute Gasteiger partial charge is 0.508 e. The molecule has 4 rings (SSSR count). The molecule has 0 spiro atoms. The van der Waals surface area contributed by atoms with Gasteiger partial charge in [0.05, 0.1) is 13.5 Å². The number of aliphatic hydroxyl groups excluding tert-OH is 3. The van der Waals surface area contributed by atoms with Crippen molar-refractivity contribution in [3.63, 3.8) is 0 Å². The Morgan fingerprint density at radius 2 is 1.76 bits per heavy atom. The molecule has 0 aliphatic carbocycles. The monoisotopic (exact) mass is 462 g/mol. The van der Waals surface area contributed by atoms with E-state index in [1.807, 2.05) is 0 Å². The number of rotatable bonds is 4. The fraction of sp³-hybridized carbons (Fsp3) is 0.364. The van der Waals surface area contributed by atoms with E-state index in [1.165, 1.54) is 12.1 Å². The lowest BCUT2D eigenvalue weighted by Crippen LogP contribution is -2.61. The third-order valence-electron chi connectivity index (χ3n) is 5.51. The highest BCUT2D eigenvalue weighted by Crippen LogP contribution is 2.43. The Labute approximate surface area is 187 Å². The number of esters is 1. The second kappa shape index (κ2) is 8.87. The van der Waals surface area contributed by atoms with Crippen LogP contribution >= 0.6 is 0 Å². The van der Waals surface area contributed by atoms with Crippen molar-refractivity contribution < 1.29 is 54.1 Å². The number of hydrogen-bond donors (Lipinski definition) is 5. The minimum atomic E-state index is -1.79. The zero-order valence-electron chi connectivity index (χ0n) is 17.3. The number of ether oxygens (including phenoxy) is 4. The van der Waals surface area contributed by atoms with E-state index in [0.29, 0.717) is 5.56 Å². The summed E-state index contributed by atoms with van der Waals surface area (Å²) in [7, 11) is 1.06. The molecule has 1 saturated heterocycles. The van der Waals surface area contributed by atoms with Gasteiger partial charge in [0.15, 0.2) is 11.9 Å². The zero-order chi connectivity index (χ0) is 23.9. The average molecular weight is 462 g/mol. The van der Waals surface area contributed by atoms with Crippen LogP contribution in [0.3, 0.4) is 0 Å². The quantitative estimate of drug-likeness (QED) is 0.392. The lowest BCUT2D eigenvalue weighted by molar-refractivity contribution is -0.271. The first kappa shape index (κ1) is 22.8. The molecule has 2 heterocycles. The van der Waals surface area contributed by atoms with Gasteiger partial charge in [0, 0.05) is 17.7 Å². The van der Waals surface area contributed by atoms with Gasteiger partial charge in [0.2, 0.25) is 6.29 Å². The third-order valence-corrected chi connectivity index (χ3v) is 5.51. The number of methoxy groups -OCH3 is 1. The molecule has 0 radical (unpaired) electrons. The number of Topliss-reactive ketones (excluding diaryl/α,β-unsaturated/α-hetero) is 1. The van der Waals surface area contributed by atoms with E-state index >= 15 is 0 Å². The van der Waals surface area contributed by atoms with E-state index < -0.39 is 54.3 Å². The maximum Gasteiger partial charge on any atom is 0.337 e. The summed E-state index contributed by atoms with van der Waals surface area (Å²) in [5, 5.41) is 50.8. The molecule has 6 atom stereocenters. The molecule has 11 nitrogen and oxygen atoms in total. The van der Waals surface area contributed by atoms with Crippen molar-refractivity contribution in [2.75, 3.05) is 7.11 Å². The molecule has 11 heteroatoms. The minimum absolute atomic E-state index is 0.0371. The smallest absolute Gasteiger partial charge is 0.337 e. The first-order valence-electron chi connectivity index (χ1n) is 10.00. The summed E-state index contributed by atoms with van der Waals surface area (Å²) >= 11 is 0. The maximum atomic E-state index is 12.6. The number of fused-ring (bicyclic) bond motifs is 1. The Kier molecular flexibility index (Phi) is 6.13. The van der Waals surface area contributed by atoms with Crippen molar-refractivity contribution in [2.24, 2.45) is 0 Å². The number of aliphatic hydroxyl groups is 3. The van der Waals surface area contributed by atoms with Gasteiger partial charge in [-0.25, -0.2) is 4.79 Å². The molecule has 2 aliphatic heterocycles. The fourth-order valence-electron chi connectivity index (χ4n) is 3.81. The number of benzene rings is 2. The summed E-state index contributed by atoms with van der Waals surface area (Å²) < 4.78 is 21.1. The number of ketones is 1. The molecule has 5 unspecified atom stereocenters. The molecule has 0 saturated carbocycles. The molecule has 2 aliphatic rings. The van der Waals surface area contributed by atoms with Gasteiger partial charge in [-0.15, -0.1) is 0 Å². The van der Waals surface area contributed by atoms with E-state index in [0.717, 1.165) is 13.2 Å². The number of phenolic OH excluding ortho intramolecular Hbond substituents is 2. The van der Waals surface area contributed by atoms with Crippen LogP contribution in [0.5, 0.6) is 23.0 Å². The number of carbonyl (C=O) groups excluding carboxylic acids is 2. The van der Waals surface area contributed by atoms with Crippen molar-refractivity contribution in [3.8, 4) is 23.0 Å². The molecule has 176 valence electrons. The van der Waals surface area contributed by atoms with Crippen LogP contribution in [0.2, 0.25) is 0 Å². The van der Waals surface area contributed by atoms with Crippen LogP contribution in [0.1, 0.15) is 28.4 Å². The number of phenols is 2. The van der Waals surface area contributed by atoms with Crippen molar-refractivity contribution in [3.05, 3.63) is 47.5 Å². The molecule has 1 fully saturated rings. The van der Waals surface area contributed by atoms with Crippen LogP contribution in [-0.4, -0.2) is 75.1 Å². The summed E-state index contributed by atoms with van der Waals surface area (Å²) in [5.41, 5.74) is 0.299. The number of carbonyl (C=O) groups is 2. The Morgan fingerprint density at radius 1 is 1.03 bits per heavy atom. The van der Waals surface area contributed by atoms with Crippen LogP contribution in [0, 0.1) is 0 Å². The fourth-order valence-corrected chi connectivity index (χ4v) is 3.81. The number of hydrogen-bond acceptors (Lipinski definition) is 11. The van der Waals surface area contributed by atoms with E-state index in [-0.39, 0.29) is 29.2 Å². The van der Waals surface area contributed by atoms with Gasteiger partial charge in [0.25, 0.3) is 0 Å². The Balaban J connectivity index is 1.61. The second-order valence-corrected chi connectivity index (χ2v) is 7.65. The summed E-state index contributed by atoms with van der Waals surface area (Å²) in [6.45, 7) is 0. The van der Waals surface area contributed by atoms with Crippen LogP contribution in [-0.2, 0) is 14.3 Å². The predicted octanol–water partition coefficient (Wildman–Crippen LogP) is 0.164. The van der Waals surface area contributed by atoms with Crippen molar-refractivity contribution in [2.45, 2.75) is 43.2 Å². The van der Waals surface area contributed by atoms with E-state index in [9.17, 15) is 35.1 Å².